The van der Waals surface area contributed by atoms with Crippen LogP contribution in [0.1, 0.15) is 62.3 Å². The molecule has 0 N–H and O–H groups in total. The van der Waals surface area contributed by atoms with Crippen molar-refractivity contribution in [3.05, 3.63) is 64.5 Å². The van der Waals surface area contributed by atoms with E-state index in [1.54, 1.807) is 4.90 Å². The lowest BCUT2D eigenvalue weighted by Crippen LogP contribution is -2.27. The summed E-state index contributed by atoms with van der Waals surface area (Å²) in [6.07, 6.45) is -2.91. The van der Waals surface area contributed by atoms with Gasteiger partial charge in [-0.2, -0.15) is 13.2 Å². The fourth-order valence-electron chi connectivity index (χ4n) is 4.03. The number of benzene rings is 2. The maximum Gasteiger partial charge on any atom is 0.416 e. The van der Waals surface area contributed by atoms with Crippen LogP contribution in [0.5, 0.6) is 0 Å². The summed E-state index contributed by atoms with van der Waals surface area (Å²) in [5.74, 6) is -2.10. The zero-order valence-corrected chi connectivity index (χ0v) is 19.3. The standard InChI is InChI=1S/C21H18F5NO2.2C2H6/c22-18-4-3-15(21(23,24)25)10-19(18)27-7-5-12-1-2-14(9-13(12)6-8-27)16-11-17(16)20(28)29-26;2*1-2/h1-4,9-10,16-17H,5-8,11H2;2*1-2H3. The maximum atomic E-state index is 14.3. The largest absolute Gasteiger partial charge is 0.416 e. The highest BCUT2D eigenvalue weighted by molar-refractivity contribution is 5.76. The molecule has 0 radical (unpaired) electrons. The van der Waals surface area contributed by atoms with E-state index in [1.807, 2.05) is 45.9 Å². The molecule has 2 aromatic rings. The van der Waals surface area contributed by atoms with Crippen LogP contribution in [0.4, 0.5) is 27.8 Å². The maximum absolute atomic E-state index is 14.3. The van der Waals surface area contributed by atoms with Crippen LogP contribution < -0.4 is 4.90 Å². The topological polar surface area (TPSA) is 29.5 Å². The van der Waals surface area contributed by atoms with Crippen molar-refractivity contribution in [2.75, 3.05) is 18.0 Å². The van der Waals surface area contributed by atoms with Crippen molar-refractivity contribution in [2.45, 2.75) is 59.1 Å². The number of alkyl halides is 3. The molecule has 182 valence electrons. The molecular weight excluding hydrogens is 441 g/mol. The molecule has 0 bridgehead atoms. The van der Waals surface area contributed by atoms with Gasteiger partial charge in [0, 0.05) is 17.6 Å². The van der Waals surface area contributed by atoms with Crippen molar-refractivity contribution >= 4 is 11.7 Å². The Morgan fingerprint density at radius 1 is 0.970 bits per heavy atom. The van der Waals surface area contributed by atoms with Crippen molar-refractivity contribution in [1.82, 2.24) is 0 Å². The van der Waals surface area contributed by atoms with E-state index < -0.39 is 29.4 Å². The number of rotatable bonds is 3. The number of nitrogens with zero attached hydrogens (tertiary/aromatic N) is 1. The molecule has 2 aliphatic rings. The predicted octanol–water partition coefficient (Wildman–Crippen LogP) is 7.03. The van der Waals surface area contributed by atoms with Gasteiger partial charge < -0.3 is 4.90 Å². The Labute approximate surface area is 191 Å². The first-order valence-electron chi connectivity index (χ1n) is 11.3. The van der Waals surface area contributed by atoms with Gasteiger partial charge in [-0.25, -0.2) is 9.18 Å². The Morgan fingerprint density at radius 2 is 1.61 bits per heavy atom. The summed E-state index contributed by atoms with van der Waals surface area (Å²) >= 11 is 0. The van der Waals surface area contributed by atoms with Gasteiger partial charge in [0.2, 0.25) is 0 Å². The fourth-order valence-corrected chi connectivity index (χ4v) is 4.03. The molecule has 1 fully saturated rings. The molecular formula is C25H30F5NO2. The van der Waals surface area contributed by atoms with Crippen LogP contribution in [0.2, 0.25) is 0 Å². The third-order valence-corrected chi connectivity index (χ3v) is 5.74. The average Bonchev–Trinajstić information content (AvgIpc) is 3.64. The van der Waals surface area contributed by atoms with E-state index in [9.17, 15) is 26.9 Å². The molecule has 2 atom stereocenters. The van der Waals surface area contributed by atoms with Crippen molar-refractivity contribution in [1.29, 1.82) is 0 Å². The molecule has 2 aromatic carbocycles. The highest BCUT2D eigenvalue weighted by atomic mass is 19.4. The fraction of sp³-hybridized carbons (Fsp3) is 0.480. The molecule has 3 nitrogen and oxygen atoms in total. The third-order valence-electron chi connectivity index (χ3n) is 5.74. The van der Waals surface area contributed by atoms with E-state index >= 15 is 0 Å². The van der Waals surface area contributed by atoms with Gasteiger partial charge in [-0.15, -0.1) is 0 Å². The highest BCUT2D eigenvalue weighted by Crippen LogP contribution is 2.48. The summed E-state index contributed by atoms with van der Waals surface area (Å²) in [5, 5.41) is 0. The lowest BCUT2D eigenvalue weighted by atomic mass is 9.97. The Kier molecular flexibility index (Phi) is 9.25. The zero-order chi connectivity index (χ0) is 24.8. The Hall–Kier alpha value is -2.64. The summed E-state index contributed by atoms with van der Waals surface area (Å²) in [6.45, 7) is 8.76. The number of carbonyl (C=O) groups excluding carboxylic acids is 1. The number of hydrogen-bond acceptors (Lipinski definition) is 3. The van der Waals surface area contributed by atoms with Crippen LogP contribution in [0, 0.1) is 11.7 Å². The molecule has 0 aromatic heterocycles. The van der Waals surface area contributed by atoms with Gasteiger partial charge in [0.1, 0.15) is 5.82 Å². The second-order valence-electron chi connectivity index (χ2n) is 7.52. The molecule has 8 heteroatoms. The Bertz CT molecular complexity index is 945. The summed E-state index contributed by atoms with van der Waals surface area (Å²) in [6, 6.07) is 8.21. The van der Waals surface area contributed by atoms with Gasteiger partial charge in [0.25, 0.3) is 0 Å². The van der Waals surface area contributed by atoms with E-state index in [0.29, 0.717) is 32.4 Å². The van der Waals surface area contributed by atoms with E-state index in [2.05, 4.69) is 4.94 Å². The first-order valence-corrected chi connectivity index (χ1v) is 11.3. The number of carbonyl (C=O) groups is 1. The molecule has 1 aliphatic heterocycles. The smallest absolute Gasteiger partial charge is 0.368 e. The predicted molar refractivity (Wildman–Crippen MR) is 118 cm³/mol. The minimum atomic E-state index is -4.53. The molecule has 1 aliphatic carbocycles. The van der Waals surface area contributed by atoms with Gasteiger partial charge in [-0.3, -0.25) is 4.94 Å². The van der Waals surface area contributed by atoms with E-state index in [0.717, 1.165) is 34.9 Å². The van der Waals surface area contributed by atoms with E-state index in [1.165, 1.54) is 0 Å². The van der Waals surface area contributed by atoms with Gasteiger partial charge in [0.15, 0.2) is 0 Å². The van der Waals surface area contributed by atoms with Crippen LogP contribution in [0.3, 0.4) is 0 Å². The number of anilines is 1. The number of hydrogen-bond donors (Lipinski definition) is 0. The quantitative estimate of drug-likeness (QED) is 0.450. The first kappa shape index (κ1) is 26.6. The second kappa shape index (κ2) is 11.5. The SMILES string of the molecule is CC.CC.O=C(OF)C1CC1c1ccc2c(c1)CCN(c1cc(C(F)(F)F)ccc1F)CC2. The number of halogens is 5. The Morgan fingerprint density at radius 3 is 2.21 bits per heavy atom. The highest BCUT2D eigenvalue weighted by Gasteiger charge is 2.46. The monoisotopic (exact) mass is 471 g/mol. The summed E-state index contributed by atoms with van der Waals surface area (Å²) in [4.78, 5) is 16.2. The summed E-state index contributed by atoms with van der Waals surface area (Å²) in [5.41, 5.74) is 2.03. The van der Waals surface area contributed by atoms with Crippen LogP contribution in [-0.2, 0) is 28.8 Å². The molecule has 0 saturated heterocycles. The molecule has 33 heavy (non-hydrogen) atoms. The minimum Gasteiger partial charge on any atom is -0.368 e. The van der Waals surface area contributed by atoms with E-state index in [-0.39, 0.29) is 11.6 Å². The summed E-state index contributed by atoms with van der Waals surface area (Å²) in [7, 11) is 0. The molecule has 0 amide bonds. The molecule has 0 spiro atoms. The lowest BCUT2D eigenvalue weighted by molar-refractivity contribution is -0.185. The van der Waals surface area contributed by atoms with Gasteiger partial charge in [-0.1, -0.05) is 45.9 Å². The molecule has 2 unspecified atom stereocenters. The summed E-state index contributed by atoms with van der Waals surface area (Å²) < 4.78 is 65.3. The van der Waals surface area contributed by atoms with Gasteiger partial charge in [-0.05, 0) is 60.1 Å². The van der Waals surface area contributed by atoms with Crippen molar-refractivity contribution in [3.63, 3.8) is 0 Å². The van der Waals surface area contributed by atoms with Crippen molar-refractivity contribution in [3.8, 4) is 0 Å². The number of fused-ring (bicyclic) bond motifs is 1. The molecule has 1 heterocycles. The Balaban J connectivity index is 0.000000914. The second-order valence-corrected chi connectivity index (χ2v) is 7.52. The zero-order valence-electron chi connectivity index (χ0n) is 19.3. The molecule has 4 rings (SSSR count). The van der Waals surface area contributed by atoms with Gasteiger partial charge >= 0.3 is 12.1 Å². The molecule has 1 saturated carbocycles. The van der Waals surface area contributed by atoms with Crippen molar-refractivity contribution < 1.29 is 31.8 Å². The average molecular weight is 472 g/mol. The van der Waals surface area contributed by atoms with Gasteiger partial charge in [0.05, 0.1) is 17.2 Å². The lowest BCUT2D eigenvalue weighted by Gasteiger charge is -2.24. The van der Waals surface area contributed by atoms with Crippen LogP contribution >= 0.6 is 0 Å². The van der Waals surface area contributed by atoms with E-state index in [4.69, 9.17) is 0 Å². The van der Waals surface area contributed by atoms with Crippen LogP contribution in [-0.4, -0.2) is 19.1 Å². The normalized spacial score (nSPS) is 19.1. The first-order chi connectivity index (χ1) is 15.8. The minimum absolute atomic E-state index is 0.0548. The van der Waals surface area contributed by atoms with Crippen molar-refractivity contribution in [2.24, 2.45) is 5.92 Å². The van der Waals surface area contributed by atoms with Crippen LogP contribution in [0.25, 0.3) is 0 Å². The van der Waals surface area contributed by atoms with Crippen LogP contribution in [0.15, 0.2) is 36.4 Å². The third kappa shape index (κ3) is 6.24.